The van der Waals surface area contributed by atoms with Crippen molar-refractivity contribution in [2.24, 2.45) is 0 Å². The minimum absolute atomic E-state index is 0.0225. The molecule has 2 aromatic rings. The van der Waals surface area contributed by atoms with Gasteiger partial charge in [0, 0.05) is 15.7 Å². The van der Waals surface area contributed by atoms with E-state index in [4.69, 9.17) is 0 Å². The molecule has 2 N–H and O–H groups in total. The second kappa shape index (κ2) is 6.20. The van der Waals surface area contributed by atoms with Gasteiger partial charge >= 0.3 is 0 Å². The van der Waals surface area contributed by atoms with E-state index in [1.54, 1.807) is 0 Å². The Morgan fingerprint density at radius 3 is 2.46 bits per heavy atom. The first-order valence-electron chi connectivity index (χ1n) is 8.13. The van der Waals surface area contributed by atoms with Crippen LogP contribution in [0, 0.1) is 13.8 Å². The molecular formula is C19H21BrN2O2. The van der Waals surface area contributed by atoms with Crippen LogP contribution in [0.3, 0.4) is 0 Å². The fourth-order valence-electron chi connectivity index (χ4n) is 3.59. The number of aromatic amines is 1. The topological polar surface area (TPSA) is 62.0 Å². The molecule has 24 heavy (non-hydrogen) atoms. The molecule has 0 bridgehead atoms. The predicted octanol–water partition coefficient (Wildman–Crippen LogP) is 4.41. The van der Waals surface area contributed by atoms with Crippen LogP contribution >= 0.6 is 15.9 Å². The SMILES string of the molecule is CC(=O)c1c(C)[nH]c(C(=O)NC2(c3cccc(Br)c3)CCC2)c1C. The van der Waals surface area contributed by atoms with E-state index in [0.717, 1.165) is 40.6 Å². The number of Topliss-reactive ketones (excluding diaryl/α,β-unsaturated/α-hetero) is 1. The van der Waals surface area contributed by atoms with Crippen LogP contribution in [0.1, 0.15) is 63.9 Å². The van der Waals surface area contributed by atoms with E-state index in [0.29, 0.717) is 11.3 Å². The van der Waals surface area contributed by atoms with E-state index in [9.17, 15) is 9.59 Å². The van der Waals surface area contributed by atoms with E-state index in [1.165, 1.54) is 6.92 Å². The lowest BCUT2D eigenvalue weighted by molar-refractivity contribution is 0.0818. The van der Waals surface area contributed by atoms with Crippen molar-refractivity contribution < 1.29 is 9.59 Å². The number of nitrogens with one attached hydrogen (secondary N) is 2. The average Bonchev–Trinajstić information content (AvgIpc) is 2.77. The molecule has 1 aliphatic rings. The van der Waals surface area contributed by atoms with E-state index in [2.05, 4.69) is 38.4 Å². The van der Waals surface area contributed by atoms with Gasteiger partial charge in [-0.15, -0.1) is 0 Å². The molecule has 1 heterocycles. The number of H-pyrrole nitrogens is 1. The minimum Gasteiger partial charge on any atom is -0.354 e. The van der Waals surface area contributed by atoms with Crippen molar-refractivity contribution in [1.29, 1.82) is 0 Å². The number of benzene rings is 1. The molecule has 5 heteroatoms. The van der Waals surface area contributed by atoms with Gasteiger partial charge in [-0.3, -0.25) is 9.59 Å². The third-order valence-electron chi connectivity index (χ3n) is 4.95. The van der Waals surface area contributed by atoms with Gasteiger partial charge in [0.2, 0.25) is 0 Å². The fourth-order valence-corrected chi connectivity index (χ4v) is 3.99. The van der Waals surface area contributed by atoms with Crippen LogP contribution in [0.4, 0.5) is 0 Å². The summed E-state index contributed by atoms with van der Waals surface area (Å²) in [6.07, 6.45) is 2.94. The minimum atomic E-state index is -0.317. The van der Waals surface area contributed by atoms with Gasteiger partial charge in [0.1, 0.15) is 5.69 Å². The highest BCUT2D eigenvalue weighted by atomic mass is 79.9. The summed E-state index contributed by atoms with van der Waals surface area (Å²) in [5.41, 5.74) is 3.37. The first kappa shape index (κ1) is 17.0. The molecule has 0 saturated heterocycles. The Bertz CT molecular complexity index is 819. The zero-order chi connectivity index (χ0) is 17.5. The number of aromatic nitrogens is 1. The first-order valence-corrected chi connectivity index (χ1v) is 8.92. The molecule has 0 radical (unpaired) electrons. The molecule has 4 nitrogen and oxygen atoms in total. The lowest BCUT2D eigenvalue weighted by Gasteiger charge is -2.43. The van der Waals surface area contributed by atoms with E-state index >= 15 is 0 Å². The highest BCUT2D eigenvalue weighted by Crippen LogP contribution is 2.42. The molecule has 1 amide bonds. The van der Waals surface area contributed by atoms with Crippen LogP contribution < -0.4 is 5.32 Å². The Balaban J connectivity index is 1.91. The molecule has 1 aromatic carbocycles. The van der Waals surface area contributed by atoms with Crippen LogP contribution in [-0.4, -0.2) is 16.7 Å². The highest BCUT2D eigenvalue weighted by Gasteiger charge is 2.40. The standard InChI is InChI=1S/C19H21BrN2O2/c1-11-16(13(3)23)12(2)21-17(11)18(24)22-19(8-5-9-19)14-6-4-7-15(20)10-14/h4,6-7,10,21H,5,8-9H2,1-3H3,(H,22,24). The summed E-state index contributed by atoms with van der Waals surface area (Å²) in [5.74, 6) is -0.173. The largest absolute Gasteiger partial charge is 0.354 e. The van der Waals surface area contributed by atoms with Crippen LogP contribution in [0.2, 0.25) is 0 Å². The predicted molar refractivity (Wildman–Crippen MR) is 97.4 cm³/mol. The van der Waals surface area contributed by atoms with Crippen LogP contribution in [0.25, 0.3) is 0 Å². The number of ketones is 1. The summed E-state index contributed by atoms with van der Waals surface area (Å²) >= 11 is 3.50. The van der Waals surface area contributed by atoms with Crippen molar-refractivity contribution in [3.63, 3.8) is 0 Å². The van der Waals surface area contributed by atoms with Crippen LogP contribution in [0.15, 0.2) is 28.7 Å². The zero-order valence-electron chi connectivity index (χ0n) is 14.1. The van der Waals surface area contributed by atoms with E-state index < -0.39 is 0 Å². The maximum Gasteiger partial charge on any atom is 0.268 e. The number of halogens is 1. The van der Waals surface area contributed by atoms with Crippen molar-refractivity contribution in [3.8, 4) is 0 Å². The van der Waals surface area contributed by atoms with Gasteiger partial charge in [0.25, 0.3) is 5.91 Å². The zero-order valence-corrected chi connectivity index (χ0v) is 15.7. The van der Waals surface area contributed by atoms with Gasteiger partial charge in [-0.2, -0.15) is 0 Å². The number of rotatable bonds is 4. The number of carbonyl (C=O) groups is 2. The Labute approximate surface area is 150 Å². The van der Waals surface area contributed by atoms with Crippen LogP contribution in [-0.2, 0) is 5.54 Å². The molecule has 0 unspecified atom stereocenters. The number of amides is 1. The molecule has 1 aromatic heterocycles. The summed E-state index contributed by atoms with van der Waals surface area (Å²) in [6, 6.07) is 8.09. The number of hydrogen-bond acceptors (Lipinski definition) is 2. The first-order chi connectivity index (χ1) is 11.3. The Hall–Kier alpha value is -1.88. The Kier molecular flexibility index (Phi) is 4.38. The lowest BCUT2D eigenvalue weighted by atomic mass is 9.71. The lowest BCUT2D eigenvalue weighted by Crippen LogP contribution is -2.51. The fraction of sp³-hybridized carbons (Fsp3) is 0.368. The monoisotopic (exact) mass is 388 g/mol. The summed E-state index contributed by atoms with van der Waals surface area (Å²) in [6.45, 7) is 5.18. The van der Waals surface area contributed by atoms with Gasteiger partial charge < -0.3 is 10.3 Å². The Morgan fingerprint density at radius 1 is 1.25 bits per heavy atom. The van der Waals surface area contributed by atoms with Crippen molar-refractivity contribution in [2.45, 2.75) is 45.6 Å². The molecular weight excluding hydrogens is 368 g/mol. The molecule has 126 valence electrons. The molecule has 0 spiro atoms. The van der Waals surface area contributed by atoms with Crippen molar-refractivity contribution in [2.75, 3.05) is 0 Å². The van der Waals surface area contributed by atoms with Crippen molar-refractivity contribution in [3.05, 3.63) is 56.8 Å². The third-order valence-corrected chi connectivity index (χ3v) is 5.45. The second-order valence-electron chi connectivity index (χ2n) is 6.58. The molecule has 1 fully saturated rings. The molecule has 3 rings (SSSR count). The normalized spacial score (nSPS) is 15.7. The maximum absolute atomic E-state index is 12.9. The summed E-state index contributed by atoms with van der Waals surface area (Å²) < 4.78 is 1.01. The Morgan fingerprint density at radius 2 is 1.96 bits per heavy atom. The molecule has 0 atom stereocenters. The molecule has 1 saturated carbocycles. The number of hydrogen-bond donors (Lipinski definition) is 2. The summed E-state index contributed by atoms with van der Waals surface area (Å²) in [4.78, 5) is 27.7. The van der Waals surface area contributed by atoms with Gasteiger partial charge in [0.15, 0.2) is 5.78 Å². The summed E-state index contributed by atoms with van der Waals surface area (Å²) in [7, 11) is 0. The maximum atomic E-state index is 12.9. The van der Waals surface area contributed by atoms with Crippen molar-refractivity contribution in [1.82, 2.24) is 10.3 Å². The van der Waals surface area contributed by atoms with E-state index in [-0.39, 0.29) is 17.2 Å². The molecule has 0 aliphatic heterocycles. The van der Waals surface area contributed by atoms with Gasteiger partial charge in [-0.25, -0.2) is 0 Å². The third kappa shape index (κ3) is 2.81. The van der Waals surface area contributed by atoms with Gasteiger partial charge in [0.05, 0.1) is 5.54 Å². The molecule has 1 aliphatic carbocycles. The highest BCUT2D eigenvalue weighted by molar-refractivity contribution is 9.10. The van der Waals surface area contributed by atoms with Gasteiger partial charge in [-0.1, -0.05) is 28.1 Å². The smallest absolute Gasteiger partial charge is 0.268 e. The number of aryl methyl sites for hydroxylation is 1. The van der Waals surface area contributed by atoms with Crippen molar-refractivity contribution >= 4 is 27.6 Å². The quantitative estimate of drug-likeness (QED) is 0.762. The van der Waals surface area contributed by atoms with E-state index in [1.807, 2.05) is 26.0 Å². The van der Waals surface area contributed by atoms with Gasteiger partial charge in [-0.05, 0) is 63.3 Å². The summed E-state index contributed by atoms with van der Waals surface area (Å²) in [5, 5.41) is 3.21. The van der Waals surface area contributed by atoms with Crippen LogP contribution in [0.5, 0.6) is 0 Å². The average molecular weight is 389 g/mol. The second-order valence-corrected chi connectivity index (χ2v) is 7.50. The number of carbonyl (C=O) groups excluding carboxylic acids is 2.